The molecule has 0 spiro atoms. The van der Waals surface area contributed by atoms with Gasteiger partial charge in [0.25, 0.3) is 0 Å². The summed E-state index contributed by atoms with van der Waals surface area (Å²) < 4.78 is 36.8. The Labute approximate surface area is 77.5 Å². The van der Waals surface area contributed by atoms with Crippen molar-refractivity contribution in [2.24, 2.45) is 11.8 Å². The molecule has 0 saturated heterocycles. The molecule has 1 aliphatic carbocycles. The molecule has 1 fully saturated rings. The van der Waals surface area contributed by atoms with Crippen molar-refractivity contribution in [3.63, 3.8) is 0 Å². The molecule has 1 rings (SSSR count). The Hall–Kier alpha value is -0.210. The van der Waals surface area contributed by atoms with E-state index in [1.54, 1.807) is 0 Å². The molecule has 0 nitrogen and oxygen atoms in total. The van der Waals surface area contributed by atoms with Crippen LogP contribution in [0.25, 0.3) is 0 Å². The predicted molar refractivity (Wildman–Crippen MR) is 46.4 cm³/mol. The van der Waals surface area contributed by atoms with Gasteiger partial charge in [-0.3, -0.25) is 0 Å². The SMILES string of the molecule is CCC[C@H]1CC[C@@H](C(F)(F)F)CC1. The molecule has 0 unspecified atom stereocenters. The second-order valence-corrected chi connectivity index (χ2v) is 4.05. The van der Waals surface area contributed by atoms with Crippen molar-refractivity contribution >= 4 is 0 Å². The first-order valence-corrected chi connectivity index (χ1v) is 5.10. The van der Waals surface area contributed by atoms with Gasteiger partial charge in [0, 0.05) is 0 Å². The third kappa shape index (κ3) is 3.20. The van der Waals surface area contributed by atoms with Crippen LogP contribution < -0.4 is 0 Å². The maximum atomic E-state index is 12.3. The lowest BCUT2D eigenvalue weighted by Gasteiger charge is -2.29. The van der Waals surface area contributed by atoms with E-state index in [1.807, 2.05) is 0 Å². The Morgan fingerprint density at radius 3 is 2.00 bits per heavy atom. The molecule has 0 radical (unpaired) electrons. The summed E-state index contributed by atoms with van der Waals surface area (Å²) in [5.41, 5.74) is 0. The molecular weight excluding hydrogens is 177 g/mol. The summed E-state index contributed by atoms with van der Waals surface area (Å²) in [6.07, 6.45) is 0.515. The zero-order valence-electron chi connectivity index (χ0n) is 8.03. The molecule has 13 heavy (non-hydrogen) atoms. The topological polar surface area (TPSA) is 0 Å². The van der Waals surface area contributed by atoms with Crippen molar-refractivity contribution in [2.75, 3.05) is 0 Å². The fraction of sp³-hybridized carbons (Fsp3) is 1.00. The average molecular weight is 194 g/mol. The molecule has 0 aromatic heterocycles. The maximum absolute atomic E-state index is 12.3. The minimum atomic E-state index is -3.95. The van der Waals surface area contributed by atoms with Crippen molar-refractivity contribution in [3.8, 4) is 0 Å². The second-order valence-electron chi connectivity index (χ2n) is 4.05. The molecule has 0 amide bonds. The average Bonchev–Trinajstić information content (AvgIpc) is 2.04. The third-order valence-corrected chi connectivity index (χ3v) is 3.01. The molecule has 0 atom stereocenters. The van der Waals surface area contributed by atoms with E-state index in [4.69, 9.17) is 0 Å². The molecule has 0 bridgehead atoms. The summed E-state index contributed by atoms with van der Waals surface area (Å²) in [7, 11) is 0. The molecule has 0 N–H and O–H groups in total. The highest BCUT2D eigenvalue weighted by Crippen LogP contribution is 2.40. The van der Waals surface area contributed by atoms with Gasteiger partial charge >= 0.3 is 6.18 Å². The Morgan fingerprint density at radius 2 is 1.62 bits per heavy atom. The fourth-order valence-corrected chi connectivity index (χ4v) is 2.19. The summed E-state index contributed by atoms with van der Waals surface area (Å²) in [5.74, 6) is -0.454. The molecule has 1 aliphatic rings. The number of hydrogen-bond donors (Lipinski definition) is 0. The summed E-state index contributed by atoms with van der Waals surface area (Å²) in [6.45, 7) is 2.09. The van der Waals surface area contributed by atoms with Crippen molar-refractivity contribution < 1.29 is 13.2 Å². The first-order valence-electron chi connectivity index (χ1n) is 5.10. The zero-order chi connectivity index (χ0) is 9.90. The van der Waals surface area contributed by atoms with Crippen LogP contribution in [0.3, 0.4) is 0 Å². The lowest BCUT2D eigenvalue weighted by Crippen LogP contribution is -2.27. The van der Waals surface area contributed by atoms with E-state index >= 15 is 0 Å². The normalized spacial score (nSPS) is 30.5. The first-order chi connectivity index (χ1) is 6.04. The van der Waals surface area contributed by atoms with Gasteiger partial charge < -0.3 is 0 Å². The Balaban J connectivity index is 2.30. The molecule has 0 heterocycles. The number of halogens is 3. The standard InChI is InChI=1S/C10H17F3/c1-2-3-8-4-6-9(7-5-8)10(11,12)13/h8-9H,2-7H2,1H3/t8-,9+. The highest BCUT2D eigenvalue weighted by atomic mass is 19.4. The van der Waals surface area contributed by atoms with Crippen LogP contribution in [-0.4, -0.2) is 6.18 Å². The molecule has 78 valence electrons. The van der Waals surface area contributed by atoms with Crippen LogP contribution in [0.4, 0.5) is 13.2 Å². The van der Waals surface area contributed by atoms with Crippen LogP contribution in [0.2, 0.25) is 0 Å². The smallest absolute Gasteiger partial charge is 0.171 e. The Kier molecular flexibility index (Phi) is 3.63. The van der Waals surface area contributed by atoms with Gasteiger partial charge in [0.15, 0.2) is 0 Å². The van der Waals surface area contributed by atoms with E-state index < -0.39 is 12.1 Å². The molecule has 3 heteroatoms. The fourth-order valence-electron chi connectivity index (χ4n) is 2.19. The highest BCUT2D eigenvalue weighted by Gasteiger charge is 2.41. The van der Waals surface area contributed by atoms with Gasteiger partial charge in [-0.05, 0) is 31.6 Å². The highest BCUT2D eigenvalue weighted by molar-refractivity contribution is 4.76. The summed E-state index contributed by atoms with van der Waals surface area (Å²) in [6, 6.07) is 0. The van der Waals surface area contributed by atoms with Crippen LogP contribution in [0.15, 0.2) is 0 Å². The summed E-state index contributed by atoms with van der Waals surface area (Å²) >= 11 is 0. The van der Waals surface area contributed by atoms with Crippen molar-refractivity contribution in [2.45, 2.75) is 51.6 Å². The lowest BCUT2D eigenvalue weighted by atomic mass is 9.80. The van der Waals surface area contributed by atoms with Gasteiger partial charge in [0.05, 0.1) is 5.92 Å². The van der Waals surface area contributed by atoms with Crippen molar-refractivity contribution in [1.29, 1.82) is 0 Å². The van der Waals surface area contributed by atoms with Crippen LogP contribution in [0.5, 0.6) is 0 Å². The van der Waals surface area contributed by atoms with Crippen molar-refractivity contribution in [3.05, 3.63) is 0 Å². The van der Waals surface area contributed by atoms with Crippen LogP contribution in [0, 0.1) is 11.8 Å². The van der Waals surface area contributed by atoms with Crippen molar-refractivity contribution in [1.82, 2.24) is 0 Å². The largest absolute Gasteiger partial charge is 0.391 e. The van der Waals surface area contributed by atoms with E-state index in [2.05, 4.69) is 6.92 Å². The second kappa shape index (κ2) is 4.34. The Bertz CT molecular complexity index is 143. The van der Waals surface area contributed by atoms with E-state index in [9.17, 15) is 13.2 Å². The van der Waals surface area contributed by atoms with Gasteiger partial charge in [-0.15, -0.1) is 0 Å². The lowest BCUT2D eigenvalue weighted by molar-refractivity contribution is -0.184. The quantitative estimate of drug-likeness (QED) is 0.619. The molecule has 0 aromatic carbocycles. The van der Waals surface area contributed by atoms with Crippen LogP contribution in [0.1, 0.15) is 45.4 Å². The van der Waals surface area contributed by atoms with Gasteiger partial charge in [-0.2, -0.15) is 13.2 Å². The predicted octanol–water partition coefficient (Wildman–Crippen LogP) is 4.16. The monoisotopic (exact) mass is 194 g/mol. The zero-order valence-corrected chi connectivity index (χ0v) is 8.03. The van der Waals surface area contributed by atoms with Crippen LogP contribution in [-0.2, 0) is 0 Å². The van der Waals surface area contributed by atoms with E-state index in [0.717, 1.165) is 25.7 Å². The number of alkyl halides is 3. The van der Waals surface area contributed by atoms with E-state index in [-0.39, 0.29) is 0 Å². The Morgan fingerprint density at radius 1 is 1.08 bits per heavy atom. The number of rotatable bonds is 2. The molecule has 1 saturated carbocycles. The van der Waals surface area contributed by atoms with E-state index in [0.29, 0.717) is 18.8 Å². The molecule has 0 aliphatic heterocycles. The maximum Gasteiger partial charge on any atom is 0.391 e. The van der Waals surface area contributed by atoms with Crippen LogP contribution >= 0.6 is 0 Å². The minimum Gasteiger partial charge on any atom is -0.171 e. The van der Waals surface area contributed by atoms with E-state index in [1.165, 1.54) is 0 Å². The minimum absolute atomic E-state index is 0.355. The third-order valence-electron chi connectivity index (χ3n) is 3.01. The first kappa shape index (κ1) is 10.9. The van der Waals surface area contributed by atoms with Gasteiger partial charge in [0.1, 0.15) is 0 Å². The van der Waals surface area contributed by atoms with Gasteiger partial charge in [0.2, 0.25) is 0 Å². The van der Waals surface area contributed by atoms with Gasteiger partial charge in [-0.1, -0.05) is 19.8 Å². The summed E-state index contributed by atoms with van der Waals surface area (Å²) in [4.78, 5) is 0. The summed E-state index contributed by atoms with van der Waals surface area (Å²) in [5, 5.41) is 0. The molecule has 0 aromatic rings. The number of hydrogen-bond acceptors (Lipinski definition) is 0. The van der Waals surface area contributed by atoms with Gasteiger partial charge in [-0.25, -0.2) is 0 Å². The molecular formula is C10H17F3.